The zero-order valence-corrected chi connectivity index (χ0v) is 9.86. The first kappa shape index (κ1) is 11.0. The van der Waals surface area contributed by atoms with Crippen LogP contribution < -0.4 is 0 Å². The van der Waals surface area contributed by atoms with Crippen LogP contribution in [0.1, 0.15) is 0 Å². The number of ether oxygens (including phenoxy) is 1. The first-order chi connectivity index (χ1) is 7.79. The van der Waals surface area contributed by atoms with Gasteiger partial charge in [-0.1, -0.05) is 0 Å². The lowest BCUT2D eigenvalue weighted by atomic mass is 10.7. The molecule has 0 bridgehead atoms. The Kier molecular flexibility index (Phi) is 3.47. The Morgan fingerprint density at radius 1 is 1.69 bits per heavy atom. The number of aromatic nitrogens is 5. The molecule has 0 N–H and O–H groups in total. The molecular formula is C7H7N5O2S2. The standard InChI is InChI=1S/C7H7N5O2S2/c1-14-5(13)4-12-6(9-10-11-12)16-7-8-2-3-15-7/h2-3H,4H2,1H3. The molecule has 0 spiro atoms. The predicted octanol–water partition coefficient (Wildman–Crippen LogP) is 0.454. The molecule has 0 saturated carbocycles. The van der Waals surface area contributed by atoms with E-state index in [-0.39, 0.29) is 6.54 Å². The smallest absolute Gasteiger partial charge is 0.327 e. The maximum absolute atomic E-state index is 11.1. The van der Waals surface area contributed by atoms with Crippen molar-refractivity contribution in [3.05, 3.63) is 11.6 Å². The molecule has 2 rings (SSSR count). The molecule has 7 nitrogen and oxygen atoms in total. The normalized spacial score (nSPS) is 10.3. The maximum Gasteiger partial charge on any atom is 0.327 e. The van der Waals surface area contributed by atoms with Gasteiger partial charge in [0.15, 0.2) is 4.34 Å². The van der Waals surface area contributed by atoms with E-state index in [1.54, 1.807) is 6.20 Å². The third kappa shape index (κ3) is 2.55. The molecule has 9 heteroatoms. The Labute approximate surface area is 98.8 Å². The van der Waals surface area contributed by atoms with Crippen molar-refractivity contribution in [3.63, 3.8) is 0 Å². The molecule has 0 radical (unpaired) electrons. The van der Waals surface area contributed by atoms with E-state index in [1.807, 2.05) is 5.38 Å². The molecule has 2 aromatic rings. The van der Waals surface area contributed by atoms with Crippen molar-refractivity contribution in [2.45, 2.75) is 16.0 Å². The van der Waals surface area contributed by atoms with Gasteiger partial charge in [-0.25, -0.2) is 9.67 Å². The summed E-state index contributed by atoms with van der Waals surface area (Å²) in [5, 5.41) is 13.4. The van der Waals surface area contributed by atoms with E-state index in [0.717, 1.165) is 4.34 Å². The van der Waals surface area contributed by atoms with Crippen molar-refractivity contribution in [1.29, 1.82) is 0 Å². The number of carbonyl (C=O) groups is 1. The molecule has 16 heavy (non-hydrogen) atoms. The van der Waals surface area contributed by atoms with Crippen LogP contribution in [0.2, 0.25) is 0 Å². The number of hydrogen-bond donors (Lipinski definition) is 0. The Bertz CT molecular complexity index is 469. The van der Waals surface area contributed by atoms with E-state index >= 15 is 0 Å². The van der Waals surface area contributed by atoms with Crippen molar-refractivity contribution in [2.24, 2.45) is 0 Å². The summed E-state index contributed by atoms with van der Waals surface area (Å²) in [4.78, 5) is 15.2. The first-order valence-corrected chi connectivity index (χ1v) is 5.89. The second-order valence-electron chi connectivity index (χ2n) is 2.60. The van der Waals surface area contributed by atoms with Gasteiger partial charge in [-0.05, 0) is 22.2 Å². The molecule has 0 aliphatic heterocycles. The molecule has 0 fully saturated rings. The Hall–Kier alpha value is -1.48. The Morgan fingerprint density at radius 2 is 2.56 bits per heavy atom. The molecule has 0 saturated heterocycles. The van der Waals surface area contributed by atoms with Crippen LogP contribution in [0, 0.1) is 0 Å². The minimum atomic E-state index is -0.395. The predicted molar refractivity (Wildman–Crippen MR) is 56.1 cm³/mol. The van der Waals surface area contributed by atoms with E-state index in [9.17, 15) is 4.79 Å². The number of esters is 1. The molecule has 2 aromatic heterocycles. The zero-order chi connectivity index (χ0) is 11.4. The molecule has 0 atom stereocenters. The fraction of sp³-hybridized carbons (Fsp3) is 0.286. The van der Waals surface area contributed by atoms with E-state index in [1.165, 1.54) is 34.9 Å². The van der Waals surface area contributed by atoms with E-state index in [2.05, 4.69) is 25.2 Å². The minimum absolute atomic E-state index is 0.00277. The summed E-state index contributed by atoms with van der Waals surface area (Å²) < 4.78 is 6.73. The van der Waals surface area contributed by atoms with Crippen molar-refractivity contribution in [3.8, 4) is 0 Å². The Morgan fingerprint density at radius 3 is 3.25 bits per heavy atom. The molecule has 0 aliphatic carbocycles. The van der Waals surface area contributed by atoms with Crippen LogP contribution in [0.15, 0.2) is 21.1 Å². The summed E-state index contributed by atoms with van der Waals surface area (Å²) in [7, 11) is 1.32. The second kappa shape index (κ2) is 5.03. The highest BCUT2D eigenvalue weighted by molar-refractivity contribution is 8.00. The van der Waals surface area contributed by atoms with E-state index in [4.69, 9.17) is 0 Å². The van der Waals surface area contributed by atoms with E-state index < -0.39 is 5.97 Å². The van der Waals surface area contributed by atoms with Crippen LogP contribution in [0.5, 0.6) is 0 Å². The SMILES string of the molecule is COC(=O)Cn1nnnc1Sc1nccs1. The lowest BCUT2D eigenvalue weighted by Gasteiger charge is -2.00. The molecular weight excluding hydrogens is 250 g/mol. The average Bonchev–Trinajstić information content (AvgIpc) is 2.92. The first-order valence-electron chi connectivity index (χ1n) is 4.20. The number of tetrazole rings is 1. The molecule has 2 heterocycles. The number of carbonyl (C=O) groups excluding carboxylic acids is 1. The summed E-state index contributed by atoms with van der Waals surface area (Å²) in [6.45, 7) is -0.00277. The van der Waals surface area contributed by atoms with Crippen LogP contribution in [-0.2, 0) is 16.1 Å². The van der Waals surface area contributed by atoms with Gasteiger partial charge in [0.2, 0.25) is 5.16 Å². The summed E-state index contributed by atoms with van der Waals surface area (Å²) >= 11 is 2.79. The lowest BCUT2D eigenvalue weighted by molar-refractivity contribution is -0.141. The van der Waals surface area contributed by atoms with Gasteiger partial charge in [-0.15, -0.1) is 16.4 Å². The molecule has 0 aromatic carbocycles. The van der Waals surface area contributed by atoms with Crippen molar-refractivity contribution in [1.82, 2.24) is 25.2 Å². The number of rotatable bonds is 4. The summed E-state index contributed by atoms with van der Waals surface area (Å²) in [5.41, 5.74) is 0. The van der Waals surface area contributed by atoms with Crippen LogP contribution in [0.3, 0.4) is 0 Å². The highest BCUT2D eigenvalue weighted by atomic mass is 32.2. The van der Waals surface area contributed by atoms with Gasteiger partial charge < -0.3 is 4.74 Å². The van der Waals surface area contributed by atoms with Crippen LogP contribution in [-0.4, -0.2) is 38.3 Å². The maximum atomic E-state index is 11.1. The van der Waals surface area contributed by atoms with Gasteiger partial charge in [-0.3, -0.25) is 4.79 Å². The van der Waals surface area contributed by atoms with Crippen molar-refractivity contribution < 1.29 is 9.53 Å². The zero-order valence-electron chi connectivity index (χ0n) is 8.23. The quantitative estimate of drug-likeness (QED) is 0.735. The number of thiazole rings is 1. The van der Waals surface area contributed by atoms with Gasteiger partial charge in [0.25, 0.3) is 0 Å². The van der Waals surface area contributed by atoms with Gasteiger partial charge in [-0.2, -0.15) is 0 Å². The average molecular weight is 257 g/mol. The van der Waals surface area contributed by atoms with Crippen LogP contribution >= 0.6 is 23.1 Å². The van der Waals surface area contributed by atoms with Crippen LogP contribution in [0.4, 0.5) is 0 Å². The highest BCUT2D eigenvalue weighted by Crippen LogP contribution is 2.26. The number of methoxy groups -OCH3 is 1. The fourth-order valence-corrected chi connectivity index (χ4v) is 2.39. The molecule has 0 unspecified atom stereocenters. The van der Waals surface area contributed by atoms with Gasteiger partial charge >= 0.3 is 5.97 Å². The topological polar surface area (TPSA) is 82.8 Å². The second-order valence-corrected chi connectivity index (χ2v) is 4.70. The summed E-state index contributed by atoms with van der Waals surface area (Å²) in [6, 6.07) is 0. The third-order valence-electron chi connectivity index (χ3n) is 1.59. The molecule has 84 valence electrons. The number of hydrogen-bond acceptors (Lipinski definition) is 8. The Balaban J connectivity index is 2.10. The van der Waals surface area contributed by atoms with Crippen LogP contribution in [0.25, 0.3) is 0 Å². The van der Waals surface area contributed by atoms with Crippen molar-refractivity contribution >= 4 is 29.1 Å². The van der Waals surface area contributed by atoms with Crippen molar-refractivity contribution in [2.75, 3.05) is 7.11 Å². The highest BCUT2D eigenvalue weighted by Gasteiger charge is 2.12. The number of nitrogens with zero attached hydrogens (tertiary/aromatic N) is 5. The monoisotopic (exact) mass is 257 g/mol. The van der Waals surface area contributed by atoms with Gasteiger partial charge in [0.1, 0.15) is 6.54 Å². The largest absolute Gasteiger partial charge is 0.468 e. The van der Waals surface area contributed by atoms with Gasteiger partial charge in [0.05, 0.1) is 7.11 Å². The third-order valence-corrected chi connectivity index (χ3v) is 3.45. The van der Waals surface area contributed by atoms with E-state index in [0.29, 0.717) is 5.16 Å². The molecule has 0 aliphatic rings. The lowest BCUT2D eigenvalue weighted by Crippen LogP contribution is -2.13. The fourth-order valence-electron chi connectivity index (χ4n) is 0.894. The molecule has 0 amide bonds. The summed E-state index contributed by atoms with van der Waals surface area (Å²) in [5.74, 6) is -0.395. The van der Waals surface area contributed by atoms with Gasteiger partial charge in [0, 0.05) is 11.6 Å². The minimum Gasteiger partial charge on any atom is -0.468 e. The summed E-state index contributed by atoms with van der Waals surface area (Å²) in [6.07, 6.45) is 1.70.